The fourth-order valence-corrected chi connectivity index (χ4v) is 2.43. The molecule has 1 amide bonds. The number of carbonyl (C=O) groups is 2. The summed E-state index contributed by atoms with van der Waals surface area (Å²) in [5.74, 6) is -1.44. The fourth-order valence-electron chi connectivity index (χ4n) is 2.43. The Kier molecular flexibility index (Phi) is 4.68. The minimum absolute atomic E-state index is 0.0304. The number of nitrogens with one attached hydrogen (secondary N) is 1. The lowest BCUT2D eigenvalue weighted by molar-refractivity contribution is 0.0661. The number of carboxylic acid groups (broad SMARTS) is 1. The van der Waals surface area contributed by atoms with Crippen LogP contribution in [0.25, 0.3) is 0 Å². The number of rotatable bonds is 4. The maximum absolute atomic E-state index is 11.9. The van der Waals surface area contributed by atoms with Crippen LogP contribution in [0.5, 0.6) is 0 Å². The molecule has 0 radical (unpaired) electrons. The molecule has 0 aliphatic heterocycles. The molecule has 2 atom stereocenters. The molecule has 20 heavy (non-hydrogen) atoms. The molecule has 6 heteroatoms. The van der Waals surface area contributed by atoms with Crippen molar-refractivity contribution < 1.29 is 19.8 Å². The van der Waals surface area contributed by atoms with Gasteiger partial charge in [-0.3, -0.25) is 9.78 Å². The Bertz CT molecular complexity index is 504. The first-order valence-corrected chi connectivity index (χ1v) is 6.73. The van der Waals surface area contributed by atoms with Crippen LogP contribution in [0.2, 0.25) is 0 Å². The van der Waals surface area contributed by atoms with Crippen molar-refractivity contribution in [2.75, 3.05) is 6.54 Å². The van der Waals surface area contributed by atoms with Crippen molar-refractivity contribution in [2.24, 2.45) is 5.92 Å². The molecular weight excluding hydrogens is 260 g/mol. The maximum atomic E-state index is 11.9. The lowest BCUT2D eigenvalue weighted by Gasteiger charge is -2.27. The number of nitrogens with zero attached hydrogens (tertiary/aromatic N) is 1. The summed E-state index contributed by atoms with van der Waals surface area (Å²) < 4.78 is 0. The summed E-state index contributed by atoms with van der Waals surface area (Å²) >= 11 is 0. The van der Waals surface area contributed by atoms with Crippen LogP contribution in [0, 0.1) is 5.92 Å². The third kappa shape index (κ3) is 3.54. The van der Waals surface area contributed by atoms with Crippen LogP contribution >= 0.6 is 0 Å². The van der Waals surface area contributed by atoms with E-state index in [1.165, 1.54) is 18.3 Å². The molecule has 1 heterocycles. The molecule has 0 aromatic carbocycles. The molecule has 0 spiro atoms. The maximum Gasteiger partial charge on any atom is 0.335 e. The number of amides is 1. The second kappa shape index (κ2) is 6.47. The molecule has 6 nitrogen and oxygen atoms in total. The van der Waals surface area contributed by atoms with E-state index in [4.69, 9.17) is 5.11 Å². The van der Waals surface area contributed by atoms with Crippen LogP contribution in [0.4, 0.5) is 0 Å². The number of carbonyl (C=O) groups excluding carboxylic acids is 1. The number of hydrogen-bond acceptors (Lipinski definition) is 4. The summed E-state index contributed by atoms with van der Waals surface area (Å²) in [5, 5.41) is 21.4. The van der Waals surface area contributed by atoms with Crippen LogP contribution in [0.15, 0.2) is 18.3 Å². The van der Waals surface area contributed by atoms with Crippen LogP contribution in [-0.2, 0) is 0 Å². The van der Waals surface area contributed by atoms with Crippen molar-refractivity contribution in [1.29, 1.82) is 0 Å². The highest BCUT2D eigenvalue weighted by molar-refractivity contribution is 5.95. The highest BCUT2D eigenvalue weighted by atomic mass is 16.4. The first-order chi connectivity index (χ1) is 9.58. The Morgan fingerprint density at radius 2 is 2.10 bits per heavy atom. The number of carboxylic acids is 1. The zero-order valence-electron chi connectivity index (χ0n) is 11.1. The molecule has 0 bridgehead atoms. The topological polar surface area (TPSA) is 99.5 Å². The Labute approximate surface area is 116 Å². The van der Waals surface area contributed by atoms with Crippen molar-refractivity contribution >= 4 is 11.9 Å². The fraction of sp³-hybridized carbons (Fsp3) is 0.500. The normalized spacial score (nSPS) is 22.2. The van der Waals surface area contributed by atoms with Crippen molar-refractivity contribution in [1.82, 2.24) is 10.3 Å². The number of pyridine rings is 1. The Balaban J connectivity index is 1.94. The van der Waals surface area contributed by atoms with Gasteiger partial charge >= 0.3 is 5.97 Å². The third-order valence-electron chi connectivity index (χ3n) is 3.63. The molecular formula is C14H18N2O4. The molecule has 1 aliphatic carbocycles. The first-order valence-electron chi connectivity index (χ1n) is 6.73. The SMILES string of the molecule is O=C(O)c1ccnc(C(=O)NCC2CCCCC2O)c1. The Morgan fingerprint density at radius 3 is 2.80 bits per heavy atom. The van der Waals surface area contributed by atoms with Gasteiger partial charge in [0.05, 0.1) is 11.7 Å². The molecule has 1 aromatic heterocycles. The minimum Gasteiger partial charge on any atom is -0.478 e. The summed E-state index contributed by atoms with van der Waals surface area (Å²) in [6.07, 6.45) is 4.67. The smallest absolute Gasteiger partial charge is 0.335 e. The van der Waals surface area contributed by atoms with E-state index in [9.17, 15) is 14.7 Å². The van der Waals surface area contributed by atoms with Gasteiger partial charge in [0.25, 0.3) is 5.91 Å². The van der Waals surface area contributed by atoms with Crippen molar-refractivity contribution in [2.45, 2.75) is 31.8 Å². The Hall–Kier alpha value is -1.95. The molecule has 108 valence electrons. The lowest BCUT2D eigenvalue weighted by atomic mass is 9.86. The number of aromatic carboxylic acids is 1. The standard InChI is InChI=1S/C14H18N2O4/c17-12-4-2-1-3-10(12)8-16-13(18)11-7-9(14(19)20)5-6-15-11/h5-7,10,12,17H,1-4,8H2,(H,16,18)(H,19,20). The molecule has 2 unspecified atom stereocenters. The number of aromatic nitrogens is 1. The third-order valence-corrected chi connectivity index (χ3v) is 3.63. The molecule has 2 rings (SSSR count). The van der Waals surface area contributed by atoms with Crippen LogP contribution in [0.3, 0.4) is 0 Å². The highest BCUT2D eigenvalue weighted by Gasteiger charge is 2.23. The average molecular weight is 278 g/mol. The zero-order valence-corrected chi connectivity index (χ0v) is 11.1. The molecule has 1 fully saturated rings. The number of aliphatic hydroxyl groups excluding tert-OH is 1. The highest BCUT2D eigenvalue weighted by Crippen LogP contribution is 2.23. The number of hydrogen-bond donors (Lipinski definition) is 3. The molecule has 0 saturated heterocycles. The second-order valence-electron chi connectivity index (χ2n) is 5.06. The van der Waals surface area contributed by atoms with E-state index in [-0.39, 0.29) is 23.3 Å². The molecule has 3 N–H and O–H groups in total. The predicted molar refractivity (Wildman–Crippen MR) is 71.5 cm³/mol. The van der Waals surface area contributed by atoms with Crippen LogP contribution in [0.1, 0.15) is 46.5 Å². The van der Waals surface area contributed by atoms with Gasteiger partial charge in [-0.05, 0) is 25.0 Å². The molecule has 1 aromatic rings. The van der Waals surface area contributed by atoms with E-state index in [0.29, 0.717) is 6.54 Å². The zero-order chi connectivity index (χ0) is 14.5. The van der Waals surface area contributed by atoms with E-state index in [1.54, 1.807) is 0 Å². The summed E-state index contributed by atoms with van der Waals surface area (Å²) in [6.45, 7) is 0.388. The monoisotopic (exact) mass is 278 g/mol. The minimum atomic E-state index is -1.09. The average Bonchev–Trinajstić information content (AvgIpc) is 2.46. The quantitative estimate of drug-likeness (QED) is 0.764. The van der Waals surface area contributed by atoms with Gasteiger partial charge in [0.2, 0.25) is 0 Å². The van der Waals surface area contributed by atoms with Gasteiger partial charge in [-0.1, -0.05) is 12.8 Å². The van der Waals surface area contributed by atoms with Gasteiger partial charge in [-0.2, -0.15) is 0 Å². The summed E-state index contributed by atoms with van der Waals surface area (Å²) in [4.78, 5) is 26.6. The van der Waals surface area contributed by atoms with Gasteiger partial charge in [0.15, 0.2) is 0 Å². The lowest BCUT2D eigenvalue weighted by Crippen LogP contribution is -2.37. The Morgan fingerprint density at radius 1 is 1.35 bits per heavy atom. The van der Waals surface area contributed by atoms with E-state index in [1.807, 2.05) is 0 Å². The van der Waals surface area contributed by atoms with Gasteiger partial charge in [0.1, 0.15) is 5.69 Å². The predicted octanol–water partition coefficient (Wildman–Crippen LogP) is 1.06. The van der Waals surface area contributed by atoms with Crippen LogP contribution in [-0.4, -0.2) is 39.7 Å². The second-order valence-corrected chi connectivity index (χ2v) is 5.06. The van der Waals surface area contributed by atoms with E-state index in [2.05, 4.69) is 10.3 Å². The van der Waals surface area contributed by atoms with Gasteiger partial charge < -0.3 is 15.5 Å². The molecule has 1 saturated carbocycles. The van der Waals surface area contributed by atoms with Crippen molar-refractivity contribution in [3.05, 3.63) is 29.6 Å². The molecule has 1 aliphatic rings. The van der Waals surface area contributed by atoms with Crippen molar-refractivity contribution in [3.8, 4) is 0 Å². The first kappa shape index (κ1) is 14.5. The van der Waals surface area contributed by atoms with Crippen molar-refractivity contribution in [3.63, 3.8) is 0 Å². The van der Waals surface area contributed by atoms with E-state index in [0.717, 1.165) is 25.7 Å². The van der Waals surface area contributed by atoms with E-state index >= 15 is 0 Å². The number of aliphatic hydroxyl groups is 1. The summed E-state index contributed by atoms with van der Waals surface area (Å²) in [7, 11) is 0. The largest absolute Gasteiger partial charge is 0.478 e. The van der Waals surface area contributed by atoms with E-state index < -0.39 is 11.9 Å². The van der Waals surface area contributed by atoms with Crippen LogP contribution < -0.4 is 5.32 Å². The van der Waals surface area contributed by atoms with Gasteiger partial charge in [0, 0.05) is 18.7 Å². The summed E-state index contributed by atoms with van der Waals surface area (Å²) in [5.41, 5.74) is 0.109. The van der Waals surface area contributed by atoms with Gasteiger partial charge in [-0.15, -0.1) is 0 Å². The van der Waals surface area contributed by atoms with Gasteiger partial charge in [-0.25, -0.2) is 4.79 Å². The summed E-state index contributed by atoms with van der Waals surface area (Å²) in [6, 6.07) is 2.58.